The molecule has 0 saturated heterocycles. The molecule has 6 nitrogen and oxygen atoms in total. The van der Waals surface area contributed by atoms with Crippen LogP contribution in [0.2, 0.25) is 0 Å². The maximum Gasteiger partial charge on any atom is 0.146 e. The fourth-order valence-electron chi connectivity index (χ4n) is 4.31. The summed E-state index contributed by atoms with van der Waals surface area (Å²) in [4.78, 5) is 1.97. The number of nitrogens with zero attached hydrogens (tertiary/aromatic N) is 3. The van der Waals surface area contributed by atoms with Gasteiger partial charge in [0.1, 0.15) is 22.7 Å². The van der Waals surface area contributed by atoms with E-state index in [4.69, 9.17) is 25.2 Å². The maximum atomic E-state index is 9.04. The van der Waals surface area contributed by atoms with Crippen LogP contribution in [0, 0.1) is 22.7 Å². The zero-order valence-electron chi connectivity index (χ0n) is 19.3. The molecule has 0 bridgehead atoms. The first-order valence-corrected chi connectivity index (χ1v) is 12.7. The average Bonchev–Trinajstić information content (AvgIpc) is 3.65. The van der Waals surface area contributed by atoms with Gasteiger partial charge in [-0.2, -0.15) is 10.5 Å². The molecule has 174 valence electrons. The first-order valence-electron chi connectivity index (χ1n) is 11.1. The van der Waals surface area contributed by atoms with Gasteiger partial charge in [-0.05, 0) is 56.3 Å². The van der Waals surface area contributed by atoms with E-state index >= 15 is 0 Å². The van der Waals surface area contributed by atoms with Crippen molar-refractivity contribution in [1.82, 2.24) is 4.68 Å². The summed E-state index contributed by atoms with van der Waals surface area (Å²) in [6.07, 6.45) is 5.55. The summed E-state index contributed by atoms with van der Waals surface area (Å²) in [6.45, 7) is 3.58. The van der Waals surface area contributed by atoms with Crippen molar-refractivity contribution in [3.8, 4) is 34.8 Å². The number of furan rings is 2. The first kappa shape index (κ1) is 22.0. The second-order valence-corrected chi connectivity index (χ2v) is 10.7. The van der Waals surface area contributed by atoms with Crippen LogP contribution in [0.25, 0.3) is 66.3 Å². The minimum atomic E-state index is 0.653. The Morgan fingerprint density at radius 2 is 1.36 bits per heavy atom. The van der Waals surface area contributed by atoms with E-state index in [0.717, 1.165) is 63.9 Å². The summed E-state index contributed by atoms with van der Waals surface area (Å²) in [7, 11) is 0. The molecule has 1 aromatic carbocycles. The third-order valence-corrected chi connectivity index (χ3v) is 7.95. The maximum absolute atomic E-state index is 9.04. The van der Waals surface area contributed by atoms with Crippen molar-refractivity contribution in [1.29, 1.82) is 10.5 Å². The standard InChI is InChI=1S/C28H18N4O2S2/c1-15(13-29)7-17-9-24-26(35-17)11-22(33-24)19-3-4-21(28-20(19)5-6-32(28)31)23-12-27-25(34-23)10-18(36-27)8-16(2)14-30/h3-12H,31H2,1-2H3/b15-7-,16-8-. The molecule has 0 aliphatic heterocycles. The van der Waals surface area contributed by atoms with Gasteiger partial charge >= 0.3 is 0 Å². The van der Waals surface area contributed by atoms with E-state index in [1.165, 1.54) is 0 Å². The summed E-state index contributed by atoms with van der Waals surface area (Å²) >= 11 is 3.17. The van der Waals surface area contributed by atoms with Gasteiger partial charge in [-0.1, -0.05) is 0 Å². The van der Waals surface area contributed by atoms with Gasteiger partial charge < -0.3 is 14.7 Å². The second kappa shape index (κ2) is 8.31. The number of benzene rings is 1. The van der Waals surface area contributed by atoms with Gasteiger partial charge in [-0.3, -0.25) is 4.68 Å². The summed E-state index contributed by atoms with van der Waals surface area (Å²) in [5.74, 6) is 7.83. The van der Waals surface area contributed by atoms with Gasteiger partial charge in [0.05, 0.1) is 27.1 Å². The monoisotopic (exact) mass is 506 g/mol. The third-order valence-electron chi connectivity index (χ3n) is 5.93. The molecule has 0 fully saturated rings. The molecule has 0 amide bonds. The molecule has 0 unspecified atom stereocenters. The molecule has 8 heteroatoms. The van der Waals surface area contributed by atoms with Gasteiger partial charge in [0.2, 0.25) is 0 Å². The normalized spacial score (nSPS) is 12.6. The van der Waals surface area contributed by atoms with E-state index in [2.05, 4.69) is 12.1 Å². The second-order valence-electron chi connectivity index (χ2n) is 8.50. The quantitative estimate of drug-likeness (QED) is 0.192. The number of rotatable bonds is 4. The molecule has 0 saturated carbocycles. The van der Waals surface area contributed by atoms with Crippen molar-refractivity contribution < 1.29 is 8.83 Å². The molecule has 2 N–H and O–H groups in total. The Balaban J connectivity index is 1.42. The van der Waals surface area contributed by atoms with Crippen molar-refractivity contribution in [2.24, 2.45) is 0 Å². The summed E-state index contributed by atoms with van der Waals surface area (Å²) in [5, 5.41) is 19.0. The Hall–Kier alpha value is -4.50. The number of hydrogen-bond acceptors (Lipinski definition) is 7. The molecular formula is C28H18N4O2S2. The van der Waals surface area contributed by atoms with Crippen molar-refractivity contribution in [2.45, 2.75) is 13.8 Å². The number of fused-ring (bicyclic) bond motifs is 3. The molecule has 0 radical (unpaired) electrons. The SMILES string of the molecule is C/C(C#N)=C/c1cc2oc(-c3ccc(-c4cc5sc(/C=C(/C)C#N)cc5o4)c4c3ccn4N)cc2s1. The Morgan fingerprint density at radius 1 is 0.833 bits per heavy atom. The van der Waals surface area contributed by atoms with Crippen LogP contribution in [0.5, 0.6) is 0 Å². The number of allylic oxidation sites excluding steroid dienone is 2. The van der Waals surface area contributed by atoms with E-state index in [0.29, 0.717) is 11.1 Å². The molecule has 6 rings (SSSR count). The lowest BCUT2D eigenvalue weighted by molar-refractivity contribution is 0.631. The van der Waals surface area contributed by atoms with E-state index in [9.17, 15) is 0 Å². The number of nitriles is 2. The minimum absolute atomic E-state index is 0.653. The van der Waals surface area contributed by atoms with Crippen molar-refractivity contribution >= 4 is 66.3 Å². The highest BCUT2D eigenvalue weighted by molar-refractivity contribution is 7.20. The minimum Gasteiger partial charge on any atom is -0.455 e. The van der Waals surface area contributed by atoms with Gasteiger partial charge in [0.25, 0.3) is 0 Å². The Morgan fingerprint density at radius 3 is 1.89 bits per heavy atom. The van der Waals surface area contributed by atoms with Crippen LogP contribution >= 0.6 is 22.7 Å². The van der Waals surface area contributed by atoms with Crippen LogP contribution in [0.4, 0.5) is 0 Å². The Bertz CT molecular complexity index is 1890. The summed E-state index contributed by atoms with van der Waals surface area (Å²) < 4.78 is 16.0. The molecule has 0 spiro atoms. The van der Waals surface area contributed by atoms with Crippen molar-refractivity contribution in [2.75, 3.05) is 5.84 Å². The summed E-state index contributed by atoms with van der Waals surface area (Å²) in [5.41, 5.74) is 5.56. The molecular weight excluding hydrogens is 488 g/mol. The van der Waals surface area contributed by atoms with Gasteiger partial charge in [-0.25, -0.2) is 0 Å². The highest BCUT2D eigenvalue weighted by Crippen LogP contribution is 2.42. The molecule has 0 atom stereocenters. The van der Waals surface area contributed by atoms with Crippen LogP contribution in [0.1, 0.15) is 23.6 Å². The van der Waals surface area contributed by atoms with Gasteiger partial charge in [0.15, 0.2) is 0 Å². The van der Waals surface area contributed by atoms with Gasteiger partial charge in [0, 0.05) is 55.7 Å². The zero-order chi connectivity index (χ0) is 25.0. The lowest BCUT2D eigenvalue weighted by Gasteiger charge is -2.07. The summed E-state index contributed by atoms with van der Waals surface area (Å²) in [6, 6.07) is 18.3. The lowest BCUT2D eigenvalue weighted by atomic mass is 10.0. The first-order chi connectivity index (χ1) is 17.4. The third kappa shape index (κ3) is 3.61. The molecule has 5 heterocycles. The zero-order valence-corrected chi connectivity index (χ0v) is 21.0. The predicted octanol–water partition coefficient (Wildman–Crippen LogP) is 8.16. The lowest BCUT2D eigenvalue weighted by Crippen LogP contribution is -2.06. The van der Waals surface area contributed by atoms with Crippen LogP contribution in [-0.4, -0.2) is 4.68 Å². The highest BCUT2D eigenvalue weighted by Gasteiger charge is 2.19. The Kier molecular flexibility index (Phi) is 5.08. The van der Waals surface area contributed by atoms with Crippen LogP contribution in [0.15, 0.2) is 68.6 Å². The molecule has 36 heavy (non-hydrogen) atoms. The van der Waals surface area contributed by atoms with E-state index < -0.39 is 0 Å². The van der Waals surface area contributed by atoms with Gasteiger partial charge in [-0.15, -0.1) is 22.7 Å². The topological polar surface area (TPSA) is 105 Å². The van der Waals surface area contributed by atoms with Crippen molar-refractivity contribution in [3.05, 3.63) is 69.6 Å². The van der Waals surface area contributed by atoms with E-state index in [1.54, 1.807) is 41.2 Å². The van der Waals surface area contributed by atoms with Crippen LogP contribution < -0.4 is 5.84 Å². The smallest absolute Gasteiger partial charge is 0.146 e. The number of nitrogens with two attached hydrogens (primary N) is 1. The average molecular weight is 507 g/mol. The molecule has 5 aromatic heterocycles. The molecule has 0 aliphatic rings. The highest BCUT2D eigenvalue weighted by atomic mass is 32.1. The van der Waals surface area contributed by atoms with Crippen molar-refractivity contribution in [3.63, 3.8) is 0 Å². The molecule has 6 aromatic rings. The number of thiophene rings is 2. The fraction of sp³-hybridized carbons (Fsp3) is 0.0714. The number of aromatic nitrogens is 1. The predicted molar refractivity (Wildman–Crippen MR) is 147 cm³/mol. The fourth-order valence-corrected chi connectivity index (χ4v) is 6.35. The molecule has 0 aliphatic carbocycles. The number of nitrogen functional groups attached to an aromatic ring is 1. The van der Waals surface area contributed by atoms with Crippen LogP contribution in [0.3, 0.4) is 0 Å². The van der Waals surface area contributed by atoms with Crippen LogP contribution in [-0.2, 0) is 0 Å². The Labute approximate surface area is 214 Å². The van der Waals surface area contributed by atoms with E-state index in [1.807, 2.05) is 60.8 Å². The largest absolute Gasteiger partial charge is 0.455 e. The number of hydrogen-bond donors (Lipinski definition) is 1. The van der Waals surface area contributed by atoms with E-state index in [-0.39, 0.29) is 0 Å².